The van der Waals surface area contributed by atoms with Crippen molar-refractivity contribution < 1.29 is 0 Å². The van der Waals surface area contributed by atoms with E-state index in [9.17, 15) is 4.79 Å². The van der Waals surface area contributed by atoms with Gasteiger partial charge >= 0.3 is 0 Å². The molecule has 0 aliphatic heterocycles. The van der Waals surface area contributed by atoms with Crippen molar-refractivity contribution in [3.05, 3.63) is 56.5 Å². The molecule has 2 N–H and O–H groups in total. The normalized spacial score (nSPS) is 10.3. The van der Waals surface area contributed by atoms with Gasteiger partial charge in [-0.3, -0.25) is 9.36 Å². The van der Waals surface area contributed by atoms with Gasteiger partial charge in [0.25, 0.3) is 5.56 Å². The number of benzene rings is 1. The number of nitrogens with zero attached hydrogens (tertiary/aromatic N) is 2. The van der Waals surface area contributed by atoms with E-state index in [1.54, 1.807) is 17.6 Å². The van der Waals surface area contributed by atoms with Crippen molar-refractivity contribution in [1.29, 1.82) is 5.26 Å². The molecule has 0 spiro atoms. The third-order valence-corrected chi connectivity index (χ3v) is 3.53. The van der Waals surface area contributed by atoms with Gasteiger partial charge in [0, 0.05) is 11.4 Å². The van der Waals surface area contributed by atoms with Gasteiger partial charge in [-0.1, -0.05) is 6.07 Å². The number of hydrogen-bond donors (Lipinski definition) is 1. The second kappa shape index (κ2) is 4.86. The van der Waals surface area contributed by atoms with Crippen LogP contribution in [0.3, 0.4) is 0 Å². The molecule has 0 radical (unpaired) electrons. The van der Waals surface area contributed by atoms with Gasteiger partial charge in [0.05, 0.1) is 5.69 Å². The van der Waals surface area contributed by atoms with Crippen molar-refractivity contribution in [2.24, 2.45) is 0 Å². The molecule has 0 aliphatic rings. The first kappa shape index (κ1) is 13.9. The van der Waals surface area contributed by atoms with Gasteiger partial charge in [-0.2, -0.15) is 5.26 Å². The minimum atomic E-state index is -0.295. The summed E-state index contributed by atoms with van der Waals surface area (Å²) < 4.78 is 1.55. The second-order valence-corrected chi connectivity index (χ2v) is 5.09. The van der Waals surface area contributed by atoms with Crippen LogP contribution in [0.2, 0.25) is 0 Å². The molecule has 0 fully saturated rings. The van der Waals surface area contributed by atoms with Crippen LogP contribution in [0.4, 0.5) is 5.69 Å². The highest BCUT2D eigenvalue weighted by atomic mass is 16.1. The number of hydrogen-bond acceptors (Lipinski definition) is 3. The maximum Gasteiger partial charge on any atom is 0.273 e. The first-order valence-corrected chi connectivity index (χ1v) is 6.37. The van der Waals surface area contributed by atoms with E-state index in [0.717, 1.165) is 22.5 Å². The molecular weight excluding hydrogens is 250 g/mol. The van der Waals surface area contributed by atoms with Crippen LogP contribution >= 0.6 is 0 Å². The minimum absolute atomic E-state index is 0.175. The molecule has 1 aromatic carbocycles. The number of pyridine rings is 1. The number of rotatable bonds is 1. The molecule has 4 nitrogen and oxygen atoms in total. The SMILES string of the molecule is Cc1cc(C)c(-n2c(C)cc(C)c(C#N)c2=O)cc1N. The summed E-state index contributed by atoms with van der Waals surface area (Å²) in [6.07, 6.45) is 0. The summed E-state index contributed by atoms with van der Waals surface area (Å²) in [5.41, 5.74) is 10.6. The predicted octanol–water partition coefficient (Wildman–Crippen LogP) is 2.53. The fourth-order valence-electron chi connectivity index (χ4n) is 2.42. The lowest BCUT2D eigenvalue weighted by molar-refractivity contribution is 0.911. The topological polar surface area (TPSA) is 71.8 Å². The van der Waals surface area contributed by atoms with Gasteiger partial charge in [0.15, 0.2) is 0 Å². The van der Waals surface area contributed by atoms with Crippen molar-refractivity contribution >= 4 is 5.69 Å². The fraction of sp³-hybridized carbons (Fsp3) is 0.250. The van der Waals surface area contributed by atoms with E-state index < -0.39 is 0 Å². The van der Waals surface area contributed by atoms with Crippen LogP contribution in [0.25, 0.3) is 5.69 Å². The Morgan fingerprint density at radius 3 is 2.30 bits per heavy atom. The van der Waals surface area contributed by atoms with Crippen LogP contribution in [0.1, 0.15) is 27.9 Å². The maximum atomic E-state index is 12.5. The molecule has 102 valence electrons. The highest BCUT2D eigenvalue weighted by Gasteiger charge is 2.13. The molecule has 0 bridgehead atoms. The van der Waals surface area contributed by atoms with Crippen LogP contribution in [0.15, 0.2) is 23.0 Å². The quantitative estimate of drug-likeness (QED) is 0.807. The Bertz CT molecular complexity index is 795. The summed E-state index contributed by atoms with van der Waals surface area (Å²) >= 11 is 0. The predicted molar refractivity (Wildman–Crippen MR) is 80.1 cm³/mol. The lowest BCUT2D eigenvalue weighted by Gasteiger charge is -2.16. The average molecular weight is 267 g/mol. The van der Waals surface area contributed by atoms with Crippen LogP contribution in [0, 0.1) is 39.0 Å². The zero-order valence-electron chi connectivity index (χ0n) is 12.1. The van der Waals surface area contributed by atoms with Crippen LogP contribution in [0.5, 0.6) is 0 Å². The van der Waals surface area contributed by atoms with E-state index in [1.165, 1.54) is 0 Å². The van der Waals surface area contributed by atoms with Gasteiger partial charge in [-0.05, 0) is 56.5 Å². The smallest absolute Gasteiger partial charge is 0.273 e. The van der Waals surface area contributed by atoms with Crippen molar-refractivity contribution in [1.82, 2.24) is 4.57 Å². The number of nitriles is 1. The molecule has 2 aromatic rings. The van der Waals surface area contributed by atoms with Crippen molar-refractivity contribution in [2.45, 2.75) is 27.7 Å². The highest BCUT2D eigenvalue weighted by molar-refractivity contribution is 5.58. The van der Waals surface area contributed by atoms with E-state index in [4.69, 9.17) is 11.0 Å². The largest absolute Gasteiger partial charge is 0.398 e. The van der Waals surface area contributed by atoms with Gasteiger partial charge in [-0.15, -0.1) is 0 Å². The van der Waals surface area contributed by atoms with E-state index in [0.29, 0.717) is 11.3 Å². The molecule has 20 heavy (non-hydrogen) atoms. The Morgan fingerprint density at radius 2 is 1.70 bits per heavy atom. The first-order chi connectivity index (χ1) is 9.36. The van der Waals surface area contributed by atoms with Gasteiger partial charge in [-0.25, -0.2) is 0 Å². The third kappa shape index (κ3) is 2.08. The lowest BCUT2D eigenvalue weighted by Crippen LogP contribution is -2.25. The summed E-state index contributed by atoms with van der Waals surface area (Å²) in [5, 5.41) is 9.14. The summed E-state index contributed by atoms with van der Waals surface area (Å²) in [6, 6.07) is 7.56. The summed E-state index contributed by atoms with van der Waals surface area (Å²) in [7, 11) is 0. The third-order valence-electron chi connectivity index (χ3n) is 3.53. The Kier molecular flexibility index (Phi) is 3.37. The van der Waals surface area contributed by atoms with E-state index >= 15 is 0 Å². The van der Waals surface area contributed by atoms with Crippen LogP contribution in [-0.4, -0.2) is 4.57 Å². The van der Waals surface area contributed by atoms with Crippen molar-refractivity contribution in [3.8, 4) is 11.8 Å². The van der Waals surface area contributed by atoms with Gasteiger partial charge < -0.3 is 5.73 Å². The standard InChI is InChI=1S/C16H17N3O/c1-9-6-12(4)19(16(20)13(9)8-17)15-7-14(18)10(2)5-11(15)3/h5-7H,18H2,1-4H3. The Balaban J connectivity index is 2.88. The minimum Gasteiger partial charge on any atom is -0.398 e. The zero-order valence-corrected chi connectivity index (χ0v) is 12.1. The van der Waals surface area contributed by atoms with E-state index in [-0.39, 0.29) is 11.1 Å². The molecule has 0 atom stereocenters. The van der Waals surface area contributed by atoms with Crippen molar-refractivity contribution in [2.75, 3.05) is 5.73 Å². The molecule has 2 rings (SSSR count). The Morgan fingerprint density at radius 1 is 1.05 bits per heavy atom. The molecule has 4 heteroatoms. The number of nitrogens with two attached hydrogens (primary N) is 1. The molecule has 1 heterocycles. The number of anilines is 1. The lowest BCUT2D eigenvalue weighted by atomic mass is 10.1. The molecule has 0 aliphatic carbocycles. The van der Waals surface area contributed by atoms with E-state index in [2.05, 4.69) is 0 Å². The van der Waals surface area contributed by atoms with Gasteiger partial charge in [0.2, 0.25) is 0 Å². The monoisotopic (exact) mass is 267 g/mol. The first-order valence-electron chi connectivity index (χ1n) is 6.37. The summed E-state index contributed by atoms with van der Waals surface area (Å²) in [4.78, 5) is 12.5. The molecule has 0 unspecified atom stereocenters. The maximum absolute atomic E-state index is 12.5. The number of aryl methyl sites for hydroxylation is 4. The molecule has 0 saturated heterocycles. The summed E-state index contributed by atoms with van der Waals surface area (Å²) in [6.45, 7) is 7.48. The fourth-order valence-corrected chi connectivity index (χ4v) is 2.42. The number of nitrogen functional groups attached to an aromatic ring is 1. The molecule has 1 aromatic heterocycles. The highest BCUT2D eigenvalue weighted by Crippen LogP contribution is 2.22. The molecule has 0 amide bonds. The van der Waals surface area contributed by atoms with Crippen LogP contribution < -0.4 is 11.3 Å². The van der Waals surface area contributed by atoms with Gasteiger partial charge in [0.1, 0.15) is 11.6 Å². The Labute approximate surface area is 118 Å². The molecule has 0 saturated carbocycles. The zero-order chi connectivity index (χ0) is 15.0. The Hall–Kier alpha value is -2.54. The molecular formula is C16H17N3O. The second-order valence-electron chi connectivity index (χ2n) is 5.09. The van der Waals surface area contributed by atoms with Crippen LogP contribution in [-0.2, 0) is 0 Å². The summed E-state index contributed by atoms with van der Waals surface area (Å²) in [5.74, 6) is 0. The van der Waals surface area contributed by atoms with Crippen molar-refractivity contribution in [3.63, 3.8) is 0 Å². The average Bonchev–Trinajstić information content (AvgIpc) is 2.35. The van der Waals surface area contributed by atoms with E-state index in [1.807, 2.05) is 39.0 Å². The number of aromatic nitrogens is 1.